The summed E-state index contributed by atoms with van der Waals surface area (Å²) >= 11 is 12.2. The normalized spacial score (nSPS) is 12.4. The number of carbonyl (C=O) groups is 1. The van der Waals surface area contributed by atoms with Crippen LogP contribution >= 0.6 is 23.2 Å². The Morgan fingerprint density at radius 2 is 1.77 bits per heavy atom. The zero-order valence-corrected chi connectivity index (χ0v) is 19.3. The molecule has 0 radical (unpaired) electrons. The summed E-state index contributed by atoms with van der Waals surface area (Å²) in [4.78, 5) is 12.6. The van der Waals surface area contributed by atoms with Crippen LogP contribution in [0.3, 0.4) is 0 Å². The van der Waals surface area contributed by atoms with Crippen molar-refractivity contribution in [3.8, 4) is 5.75 Å². The first kappa shape index (κ1) is 23.2. The van der Waals surface area contributed by atoms with Crippen LogP contribution < -0.4 is 14.4 Å². The lowest BCUT2D eigenvalue weighted by Crippen LogP contribution is -2.48. The molecule has 1 N–H and O–H groups in total. The van der Waals surface area contributed by atoms with Crippen molar-refractivity contribution in [3.63, 3.8) is 0 Å². The SMILES string of the molecule is C[C@@H](C(=O)NCCOc1ccc2ccccc2c1)N(c1cc(Cl)ccc1Cl)S(C)(=O)=O. The average molecular weight is 481 g/mol. The number of hydrogen-bond acceptors (Lipinski definition) is 4. The van der Waals surface area contributed by atoms with Gasteiger partial charge in [-0.25, -0.2) is 8.42 Å². The molecule has 0 aliphatic rings. The van der Waals surface area contributed by atoms with Gasteiger partial charge in [0.25, 0.3) is 0 Å². The number of hydrogen-bond donors (Lipinski definition) is 1. The van der Waals surface area contributed by atoms with Crippen molar-refractivity contribution in [1.29, 1.82) is 0 Å². The molecule has 0 fully saturated rings. The number of ether oxygens (including phenoxy) is 1. The number of halogens is 2. The topological polar surface area (TPSA) is 75.7 Å². The van der Waals surface area contributed by atoms with Gasteiger partial charge in [0, 0.05) is 5.02 Å². The third-order valence-corrected chi connectivity index (χ3v) is 6.41. The number of fused-ring (bicyclic) bond motifs is 1. The second kappa shape index (κ2) is 9.77. The van der Waals surface area contributed by atoms with E-state index < -0.39 is 22.0 Å². The Balaban J connectivity index is 1.63. The van der Waals surface area contributed by atoms with Crippen molar-refractivity contribution in [2.24, 2.45) is 0 Å². The van der Waals surface area contributed by atoms with E-state index in [2.05, 4.69) is 5.32 Å². The lowest BCUT2D eigenvalue weighted by molar-refractivity contribution is -0.121. The number of amides is 1. The third-order valence-electron chi connectivity index (χ3n) is 4.63. The van der Waals surface area contributed by atoms with E-state index in [1.54, 1.807) is 6.07 Å². The van der Waals surface area contributed by atoms with Crippen LogP contribution in [0.5, 0.6) is 5.75 Å². The number of nitrogens with one attached hydrogen (secondary N) is 1. The van der Waals surface area contributed by atoms with Gasteiger partial charge in [0.2, 0.25) is 15.9 Å². The molecule has 31 heavy (non-hydrogen) atoms. The largest absolute Gasteiger partial charge is 0.492 e. The van der Waals surface area contributed by atoms with E-state index >= 15 is 0 Å². The Hall–Kier alpha value is -2.48. The zero-order chi connectivity index (χ0) is 22.6. The molecule has 0 aliphatic carbocycles. The van der Waals surface area contributed by atoms with E-state index in [0.29, 0.717) is 10.8 Å². The van der Waals surface area contributed by atoms with Crippen LogP contribution in [0.1, 0.15) is 6.92 Å². The summed E-state index contributed by atoms with van der Waals surface area (Å²) in [5.74, 6) is 0.202. The van der Waals surface area contributed by atoms with Crippen molar-refractivity contribution in [2.45, 2.75) is 13.0 Å². The third kappa shape index (κ3) is 5.81. The molecular formula is C22H22Cl2N2O4S. The van der Waals surface area contributed by atoms with Gasteiger partial charge in [-0.2, -0.15) is 0 Å². The van der Waals surface area contributed by atoms with Crippen molar-refractivity contribution >= 4 is 55.6 Å². The zero-order valence-electron chi connectivity index (χ0n) is 17.0. The molecule has 1 atom stereocenters. The van der Waals surface area contributed by atoms with Crippen molar-refractivity contribution < 1.29 is 17.9 Å². The monoisotopic (exact) mass is 480 g/mol. The van der Waals surface area contributed by atoms with Crippen LogP contribution in [-0.4, -0.2) is 39.8 Å². The smallest absolute Gasteiger partial charge is 0.243 e. The highest BCUT2D eigenvalue weighted by Crippen LogP contribution is 2.32. The Morgan fingerprint density at radius 1 is 1.06 bits per heavy atom. The molecule has 0 spiro atoms. The number of nitrogens with zero attached hydrogens (tertiary/aromatic N) is 1. The summed E-state index contributed by atoms with van der Waals surface area (Å²) < 4.78 is 31.4. The fraction of sp³-hybridized carbons (Fsp3) is 0.227. The van der Waals surface area contributed by atoms with Gasteiger partial charge in [0.05, 0.1) is 23.5 Å². The molecule has 0 aliphatic heterocycles. The van der Waals surface area contributed by atoms with E-state index in [0.717, 1.165) is 21.3 Å². The van der Waals surface area contributed by atoms with Crippen molar-refractivity contribution in [2.75, 3.05) is 23.7 Å². The van der Waals surface area contributed by atoms with Crippen LogP contribution in [0.4, 0.5) is 5.69 Å². The first-order valence-electron chi connectivity index (χ1n) is 9.50. The van der Waals surface area contributed by atoms with Gasteiger partial charge in [-0.05, 0) is 48.0 Å². The van der Waals surface area contributed by atoms with Gasteiger partial charge in [-0.15, -0.1) is 0 Å². The van der Waals surface area contributed by atoms with E-state index in [4.69, 9.17) is 27.9 Å². The van der Waals surface area contributed by atoms with Crippen LogP contribution in [0.25, 0.3) is 10.8 Å². The van der Waals surface area contributed by atoms with Crippen LogP contribution in [0.15, 0.2) is 60.7 Å². The molecule has 0 saturated heterocycles. The number of sulfonamides is 1. The standard InChI is InChI=1S/C22H22Cl2N2O4S/c1-15(26(31(2,28)29)21-14-18(23)8-10-20(21)24)22(27)25-11-12-30-19-9-7-16-5-3-4-6-17(16)13-19/h3-10,13-15H,11-12H2,1-2H3,(H,25,27)/t15-/m0/s1. The van der Waals surface area contributed by atoms with Gasteiger partial charge in [-0.3, -0.25) is 9.10 Å². The number of benzene rings is 3. The Bertz CT molecular complexity index is 1200. The molecule has 3 aromatic carbocycles. The predicted octanol–water partition coefficient (Wildman–Crippen LogP) is 4.50. The highest BCUT2D eigenvalue weighted by atomic mass is 35.5. The van der Waals surface area contributed by atoms with Crippen molar-refractivity contribution in [3.05, 3.63) is 70.7 Å². The summed E-state index contributed by atoms with van der Waals surface area (Å²) in [5, 5.41) is 5.35. The predicted molar refractivity (Wildman–Crippen MR) is 126 cm³/mol. The molecule has 1 amide bonds. The molecule has 0 saturated carbocycles. The lowest BCUT2D eigenvalue weighted by Gasteiger charge is -2.29. The number of rotatable bonds is 8. The Morgan fingerprint density at radius 3 is 2.48 bits per heavy atom. The first-order valence-corrected chi connectivity index (χ1v) is 12.1. The summed E-state index contributed by atoms with van der Waals surface area (Å²) in [6.07, 6.45) is 1.01. The van der Waals surface area contributed by atoms with Gasteiger partial charge >= 0.3 is 0 Å². The summed E-state index contributed by atoms with van der Waals surface area (Å²) in [5.41, 5.74) is 0.145. The molecule has 3 aromatic rings. The molecule has 6 nitrogen and oxygen atoms in total. The number of carbonyl (C=O) groups excluding carboxylic acids is 1. The van der Waals surface area contributed by atoms with Gasteiger partial charge in [0.15, 0.2) is 0 Å². The molecule has 0 aromatic heterocycles. The van der Waals surface area contributed by atoms with Gasteiger partial charge in [0.1, 0.15) is 18.4 Å². The fourth-order valence-corrected chi connectivity index (χ4v) is 4.79. The molecule has 164 valence electrons. The minimum Gasteiger partial charge on any atom is -0.492 e. The maximum atomic E-state index is 12.6. The molecule has 0 heterocycles. The lowest BCUT2D eigenvalue weighted by atomic mass is 10.1. The van der Waals surface area contributed by atoms with Crippen LogP contribution in [-0.2, 0) is 14.8 Å². The minimum atomic E-state index is -3.80. The summed E-state index contributed by atoms with van der Waals surface area (Å²) in [7, 11) is -3.80. The summed E-state index contributed by atoms with van der Waals surface area (Å²) in [6, 6.07) is 17.1. The summed E-state index contributed by atoms with van der Waals surface area (Å²) in [6.45, 7) is 1.92. The van der Waals surface area contributed by atoms with Crippen LogP contribution in [0, 0.1) is 0 Å². The second-order valence-electron chi connectivity index (χ2n) is 6.98. The van der Waals surface area contributed by atoms with Gasteiger partial charge in [-0.1, -0.05) is 53.5 Å². The van der Waals surface area contributed by atoms with Crippen molar-refractivity contribution in [1.82, 2.24) is 5.32 Å². The quantitative estimate of drug-likeness (QED) is 0.481. The molecule has 0 bridgehead atoms. The number of anilines is 1. The Kier molecular flexibility index (Phi) is 7.30. The fourth-order valence-electron chi connectivity index (χ4n) is 3.18. The Labute approximate surface area is 191 Å². The van der Waals surface area contributed by atoms with Crippen LogP contribution in [0.2, 0.25) is 10.0 Å². The molecule has 9 heteroatoms. The highest BCUT2D eigenvalue weighted by molar-refractivity contribution is 7.92. The first-order chi connectivity index (χ1) is 14.7. The van der Waals surface area contributed by atoms with E-state index in [1.165, 1.54) is 19.1 Å². The van der Waals surface area contributed by atoms with Gasteiger partial charge < -0.3 is 10.1 Å². The average Bonchev–Trinajstić information content (AvgIpc) is 2.72. The highest BCUT2D eigenvalue weighted by Gasteiger charge is 2.30. The maximum Gasteiger partial charge on any atom is 0.243 e. The van der Waals surface area contributed by atoms with E-state index in [1.807, 2.05) is 42.5 Å². The second-order valence-corrected chi connectivity index (χ2v) is 9.68. The molecule has 3 rings (SSSR count). The van der Waals surface area contributed by atoms with E-state index in [-0.39, 0.29) is 23.9 Å². The minimum absolute atomic E-state index is 0.145. The van der Waals surface area contributed by atoms with E-state index in [9.17, 15) is 13.2 Å². The molecule has 0 unspecified atom stereocenters. The maximum absolute atomic E-state index is 12.6. The molecular weight excluding hydrogens is 459 g/mol.